The van der Waals surface area contributed by atoms with Crippen molar-refractivity contribution in [3.05, 3.63) is 96.7 Å². The number of nitrogens with one attached hydrogen (secondary N) is 1. The zero-order valence-electron chi connectivity index (χ0n) is 21.0. The summed E-state index contributed by atoms with van der Waals surface area (Å²) in [5, 5.41) is 12.4. The van der Waals surface area contributed by atoms with Crippen LogP contribution in [0.1, 0.15) is 11.4 Å². The van der Waals surface area contributed by atoms with Gasteiger partial charge < -0.3 is 10.1 Å². The van der Waals surface area contributed by atoms with E-state index in [-0.39, 0.29) is 5.82 Å². The number of nitriles is 1. The molecule has 1 N–H and O–H groups in total. The molecular formula is C30H24N8O. The van der Waals surface area contributed by atoms with Crippen molar-refractivity contribution in [2.45, 2.75) is 19.3 Å². The van der Waals surface area contributed by atoms with Crippen LogP contribution in [0, 0.1) is 11.3 Å². The Morgan fingerprint density at radius 2 is 1.79 bits per heavy atom. The number of likely N-dealkylation sites (tertiary alicyclic amines) is 1. The molecular weight excluding hydrogens is 488 g/mol. The van der Waals surface area contributed by atoms with Gasteiger partial charge in [0.15, 0.2) is 6.73 Å². The van der Waals surface area contributed by atoms with E-state index in [1.165, 1.54) is 5.56 Å². The zero-order chi connectivity index (χ0) is 26.2. The Balaban J connectivity index is 1.11. The van der Waals surface area contributed by atoms with E-state index < -0.39 is 0 Å². The molecule has 2 aliphatic heterocycles. The van der Waals surface area contributed by atoms with E-state index in [0.29, 0.717) is 18.6 Å². The van der Waals surface area contributed by atoms with E-state index in [9.17, 15) is 0 Å². The third-order valence-corrected chi connectivity index (χ3v) is 7.08. The Morgan fingerprint density at radius 3 is 2.62 bits per heavy atom. The quantitative estimate of drug-likeness (QED) is 0.352. The first-order chi connectivity index (χ1) is 19.2. The summed E-state index contributed by atoms with van der Waals surface area (Å²) in [5.41, 5.74) is 6.26. The number of rotatable bonds is 6. The Kier molecular flexibility index (Phi) is 5.72. The van der Waals surface area contributed by atoms with Gasteiger partial charge in [-0.05, 0) is 17.7 Å². The predicted octanol–water partition coefficient (Wildman–Crippen LogP) is 4.59. The van der Waals surface area contributed by atoms with E-state index in [4.69, 9.17) is 15.0 Å². The highest BCUT2D eigenvalue weighted by Crippen LogP contribution is 2.41. The third-order valence-electron chi connectivity index (χ3n) is 7.08. The van der Waals surface area contributed by atoms with Crippen LogP contribution in [0.4, 0.5) is 5.82 Å². The molecule has 7 rings (SSSR count). The number of benzene rings is 2. The van der Waals surface area contributed by atoms with Crippen LogP contribution in [0.5, 0.6) is 5.75 Å². The normalized spacial score (nSPS) is 14.4. The molecule has 0 saturated carbocycles. The highest BCUT2D eigenvalue weighted by atomic mass is 16.5. The van der Waals surface area contributed by atoms with Crippen LogP contribution in [-0.4, -0.2) is 48.5 Å². The molecule has 0 unspecified atom stereocenters. The lowest BCUT2D eigenvalue weighted by atomic mass is 10.0. The van der Waals surface area contributed by atoms with Crippen LogP contribution in [0.25, 0.3) is 33.9 Å². The van der Waals surface area contributed by atoms with E-state index in [1.807, 2.05) is 36.5 Å². The molecule has 0 amide bonds. The van der Waals surface area contributed by atoms with Crippen molar-refractivity contribution in [2.75, 3.05) is 18.4 Å². The number of hydrogen-bond acceptors (Lipinski definition) is 8. The lowest BCUT2D eigenvalue weighted by Crippen LogP contribution is -2.54. The molecule has 0 bridgehead atoms. The van der Waals surface area contributed by atoms with Crippen LogP contribution in [0.3, 0.4) is 0 Å². The molecule has 0 aliphatic carbocycles. The van der Waals surface area contributed by atoms with Gasteiger partial charge in [-0.25, -0.2) is 15.0 Å². The third kappa shape index (κ3) is 4.37. The van der Waals surface area contributed by atoms with Gasteiger partial charge in [-0.2, -0.15) is 5.26 Å². The van der Waals surface area contributed by atoms with Gasteiger partial charge in [-0.3, -0.25) is 14.5 Å². The molecule has 0 spiro atoms. The number of hydrogen-bond donors (Lipinski definition) is 1. The molecule has 39 heavy (non-hydrogen) atoms. The van der Waals surface area contributed by atoms with Crippen molar-refractivity contribution in [3.8, 4) is 45.7 Å². The second-order valence-electron chi connectivity index (χ2n) is 9.68. The van der Waals surface area contributed by atoms with Crippen LogP contribution in [0.2, 0.25) is 0 Å². The van der Waals surface area contributed by atoms with Gasteiger partial charge in [0.1, 0.15) is 23.5 Å². The highest BCUT2D eigenvalue weighted by molar-refractivity contribution is 5.83. The molecule has 9 heteroatoms. The maximum absolute atomic E-state index is 9.00. The van der Waals surface area contributed by atoms with Crippen LogP contribution in [-0.2, 0) is 13.3 Å². The van der Waals surface area contributed by atoms with E-state index in [0.717, 1.165) is 59.3 Å². The van der Waals surface area contributed by atoms with E-state index >= 15 is 0 Å². The fraction of sp³-hybridized carbons (Fsp3) is 0.167. The minimum absolute atomic E-state index is 0.179. The van der Waals surface area contributed by atoms with Gasteiger partial charge >= 0.3 is 0 Å². The average molecular weight is 513 g/mol. The summed E-state index contributed by atoms with van der Waals surface area (Å²) < 4.78 is 8.18. The number of imidazole rings is 1. The summed E-state index contributed by atoms with van der Waals surface area (Å²) in [6.45, 7) is 3.09. The molecule has 2 aliphatic rings. The minimum Gasteiger partial charge on any atom is -0.472 e. The van der Waals surface area contributed by atoms with Crippen LogP contribution >= 0.6 is 0 Å². The van der Waals surface area contributed by atoms with Crippen molar-refractivity contribution in [1.82, 2.24) is 29.4 Å². The van der Waals surface area contributed by atoms with Gasteiger partial charge in [-0.1, -0.05) is 54.6 Å². The number of fused-ring (bicyclic) bond motifs is 3. The van der Waals surface area contributed by atoms with Crippen LogP contribution in [0.15, 0.2) is 85.3 Å². The fourth-order valence-electron chi connectivity index (χ4n) is 5.20. The number of pyridine rings is 1. The van der Waals surface area contributed by atoms with E-state index in [1.54, 1.807) is 18.5 Å². The van der Waals surface area contributed by atoms with Gasteiger partial charge in [0.25, 0.3) is 0 Å². The molecule has 9 nitrogen and oxygen atoms in total. The lowest BCUT2D eigenvalue weighted by Gasteiger charge is -2.39. The van der Waals surface area contributed by atoms with Crippen molar-refractivity contribution in [3.63, 3.8) is 0 Å². The number of aromatic nitrogens is 5. The maximum atomic E-state index is 9.00. The lowest BCUT2D eigenvalue weighted by molar-refractivity contribution is 0.153. The van der Waals surface area contributed by atoms with Crippen molar-refractivity contribution >= 4 is 5.82 Å². The second-order valence-corrected chi connectivity index (χ2v) is 9.68. The van der Waals surface area contributed by atoms with Crippen molar-refractivity contribution in [2.24, 2.45) is 0 Å². The predicted molar refractivity (Wildman–Crippen MR) is 146 cm³/mol. The number of anilines is 1. The Bertz CT molecular complexity index is 1680. The first-order valence-corrected chi connectivity index (χ1v) is 12.8. The fourth-order valence-corrected chi connectivity index (χ4v) is 5.20. The summed E-state index contributed by atoms with van der Waals surface area (Å²) in [6, 6.07) is 25.0. The standard InChI is InChI=1S/C30H24N8O/c31-14-27-33-13-11-26(35-27)34-23-17-37(18-23)16-20-6-8-21(9-7-20)28-29(22-4-2-1-3-5-22)38-19-39-25-10-12-32-15-24(25)30(38)36-28/h1-13,15,23H,16-19H2,(H,33,34,35). The first kappa shape index (κ1) is 23.1. The van der Waals surface area contributed by atoms with Crippen molar-refractivity contribution < 1.29 is 4.74 Å². The summed E-state index contributed by atoms with van der Waals surface area (Å²) in [4.78, 5) is 19.9. The molecule has 1 saturated heterocycles. The average Bonchev–Trinajstić information content (AvgIpc) is 3.37. The van der Waals surface area contributed by atoms with Gasteiger partial charge in [0.2, 0.25) is 5.82 Å². The number of nitrogens with zero attached hydrogens (tertiary/aromatic N) is 7. The summed E-state index contributed by atoms with van der Waals surface area (Å²) >= 11 is 0. The molecule has 0 atom stereocenters. The molecule has 5 heterocycles. The Morgan fingerprint density at radius 1 is 0.949 bits per heavy atom. The summed E-state index contributed by atoms with van der Waals surface area (Å²) in [6.07, 6.45) is 5.16. The SMILES string of the molecule is N#Cc1nccc(NC2CN(Cc3ccc(-c4nc5n(c4-c4ccccc4)COc4ccncc4-5)cc3)C2)n1. The zero-order valence-corrected chi connectivity index (χ0v) is 21.0. The monoisotopic (exact) mass is 512 g/mol. The molecule has 0 radical (unpaired) electrons. The molecule has 1 fully saturated rings. The summed E-state index contributed by atoms with van der Waals surface area (Å²) in [5.74, 6) is 2.54. The topological polar surface area (TPSA) is 105 Å². The minimum atomic E-state index is 0.179. The first-order valence-electron chi connectivity index (χ1n) is 12.8. The van der Waals surface area contributed by atoms with Gasteiger partial charge in [0.05, 0.1) is 23.0 Å². The van der Waals surface area contributed by atoms with Gasteiger partial charge in [0, 0.05) is 49.4 Å². The Labute approximate surface area is 225 Å². The van der Waals surface area contributed by atoms with Crippen LogP contribution < -0.4 is 10.1 Å². The molecule has 5 aromatic rings. The molecule has 2 aromatic carbocycles. The highest BCUT2D eigenvalue weighted by Gasteiger charge is 2.28. The molecule has 3 aromatic heterocycles. The summed E-state index contributed by atoms with van der Waals surface area (Å²) in [7, 11) is 0. The second kappa shape index (κ2) is 9.67. The molecule has 190 valence electrons. The van der Waals surface area contributed by atoms with Crippen molar-refractivity contribution in [1.29, 1.82) is 5.26 Å². The van der Waals surface area contributed by atoms with Gasteiger partial charge in [-0.15, -0.1) is 0 Å². The number of ether oxygens (including phenoxy) is 1. The smallest absolute Gasteiger partial charge is 0.234 e. The largest absolute Gasteiger partial charge is 0.472 e. The Hall–Kier alpha value is -5.07. The van der Waals surface area contributed by atoms with E-state index in [2.05, 4.69) is 66.1 Å². The maximum Gasteiger partial charge on any atom is 0.234 e.